The fraction of sp³-hybridized carbons (Fsp3) is 0.240. The molecule has 0 bridgehead atoms. The maximum atomic E-state index is 13.2. The van der Waals surface area contributed by atoms with Crippen molar-refractivity contribution in [2.45, 2.75) is 37.5 Å². The molecule has 0 amide bonds. The highest BCUT2D eigenvalue weighted by Gasteiger charge is 2.52. The average molecular weight is 440 g/mol. The Hall–Kier alpha value is -3.16. The molecule has 1 saturated heterocycles. The average Bonchev–Trinajstić information content (AvgIpc) is 3.15. The zero-order valence-corrected chi connectivity index (χ0v) is 17.4. The van der Waals surface area contributed by atoms with Crippen molar-refractivity contribution < 1.29 is 22.7 Å². The lowest BCUT2D eigenvalue weighted by molar-refractivity contribution is -0.218. The number of hydrogen-bond donors (Lipinski definition) is 2. The van der Waals surface area contributed by atoms with Crippen LogP contribution in [-0.4, -0.2) is 18.0 Å². The largest absolute Gasteiger partial charge is 0.491 e. The molecule has 3 aromatic rings. The molecule has 1 fully saturated rings. The quantitative estimate of drug-likeness (QED) is 0.550. The number of carbonyl (C=O) groups excluding carboxylic acids is 1. The van der Waals surface area contributed by atoms with Crippen LogP contribution in [0.2, 0.25) is 0 Å². The molecule has 2 unspecified atom stereocenters. The molecule has 2 N–H and O–H groups in total. The predicted molar refractivity (Wildman–Crippen MR) is 114 cm³/mol. The van der Waals surface area contributed by atoms with Gasteiger partial charge in [-0.15, -0.1) is 0 Å². The highest BCUT2D eigenvalue weighted by molar-refractivity contribution is 5.76. The Balaban J connectivity index is 1.75. The van der Waals surface area contributed by atoms with Crippen molar-refractivity contribution in [2.24, 2.45) is 0 Å². The fourth-order valence-corrected chi connectivity index (χ4v) is 3.99. The number of rotatable bonds is 5. The van der Waals surface area contributed by atoms with E-state index in [1.54, 1.807) is 0 Å². The molecule has 4 nitrogen and oxygen atoms in total. The zero-order valence-electron chi connectivity index (χ0n) is 17.4. The lowest BCUT2D eigenvalue weighted by atomic mass is 9.95. The van der Waals surface area contributed by atoms with Gasteiger partial charge in [-0.05, 0) is 23.6 Å². The third-order valence-corrected chi connectivity index (χ3v) is 5.50. The molecule has 1 heterocycles. The van der Waals surface area contributed by atoms with Crippen molar-refractivity contribution in [2.75, 3.05) is 0 Å². The van der Waals surface area contributed by atoms with Gasteiger partial charge in [0.15, 0.2) is 0 Å². The van der Waals surface area contributed by atoms with Gasteiger partial charge < -0.3 is 4.74 Å². The first-order chi connectivity index (χ1) is 15.3. The van der Waals surface area contributed by atoms with E-state index < -0.39 is 30.1 Å². The van der Waals surface area contributed by atoms with E-state index >= 15 is 0 Å². The van der Waals surface area contributed by atoms with Gasteiger partial charge in [-0.25, -0.2) is 4.79 Å². The molecule has 4 rings (SSSR count). The molecule has 0 aliphatic carbocycles. The van der Waals surface area contributed by atoms with Gasteiger partial charge in [-0.3, -0.25) is 10.6 Å². The summed E-state index contributed by atoms with van der Waals surface area (Å²) in [6, 6.07) is 25.3. The van der Waals surface area contributed by atoms with Gasteiger partial charge in [0.05, 0.1) is 12.1 Å². The molecular formula is C25H23F3N2O2. The zero-order chi connectivity index (χ0) is 22.8. The number of nitrogens with one attached hydrogen (secondary N) is 2. The van der Waals surface area contributed by atoms with Gasteiger partial charge in [-0.2, -0.15) is 13.2 Å². The van der Waals surface area contributed by atoms with E-state index in [1.165, 1.54) is 0 Å². The standard InChI is InChI=1S/C25H23F3N2O2/c1-17-12-14-18(15-13-17)16-24(32-23(31)25(26,27)28)29-21(19-8-4-2-5-9-19)22(30-24)20-10-6-3-7-11-20/h2-15,21-22,29-30H,16H2,1H3. The van der Waals surface area contributed by atoms with Crippen LogP contribution in [-0.2, 0) is 16.0 Å². The van der Waals surface area contributed by atoms with E-state index in [4.69, 9.17) is 4.74 Å². The van der Waals surface area contributed by atoms with Crippen LogP contribution in [0.4, 0.5) is 13.2 Å². The molecule has 0 aromatic heterocycles. The summed E-state index contributed by atoms with van der Waals surface area (Å²) in [5, 5.41) is 6.36. The van der Waals surface area contributed by atoms with Gasteiger partial charge in [-0.1, -0.05) is 90.5 Å². The minimum Gasteiger partial charge on any atom is -0.423 e. The third kappa shape index (κ3) is 4.84. The molecule has 7 heteroatoms. The molecule has 0 saturated carbocycles. The Morgan fingerprint density at radius 3 is 1.75 bits per heavy atom. The van der Waals surface area contributed by atoms with Crippen LogP contribution in [0.1, 0.15) is 34.3 Å². The maximum absolute atomic E-state index is 13.2. The second kappa shape index (κ2) is 8.76. The lowest BCUT2D eigenvalue weighted by Crippen LogP contribution is -2.56. The molecule has 3 aromatic carbocycles. The third-order valence-electron chi connectivity index (χ3n) is 5.50. The van der Waals surface area contributed by atoms with Crippen molar-refractivity contribution in [3.63, 3.8) is 0 Å². The van der Waals surface area contributed by atoms with Crippen molar-refractivity contribution in [1.82, 2.24) is 10.6 Å². The molecular weight excluding hydrogens is 417 g/mol. The second-order valence-electron chi connectivity index (χ2n) is 7.94. The minimum absolute atomic E-state index is 0.0156. The Morgan fingerprint density at radius 2 is 1.31 bits per heavy atom. The van der Waals surface area contributed by atoms with Crippen LogP contribution >= 0.6 is 0 Å². The highest BCUT2D eigenvalue weighted by Crippen LogP contribution is 2.39. The van der Waals surface area contributed by atoms with Crippen LogP contribution in [0.25, 0.3) is 0 Å². The van der Waals surface area contributed by atoms with E-state index in [2.05, 4.69) is 10.6 Å². The van der Waals surface area contributed by atoms with Crippen molar-refractivity contribution >= 4 is 5.97 Å². The lowest BCUT2D eigenvalue weighted by Gasteiger charge is -2.31. The highest BCUT2D eigenvalue weighted by atomic mass is 19.4. The van der Waals surface area contributed by atoms with E-state index in [0.717, 1.165) is 22.3 Å². The number of aryl methyl sites for hydroxylation is 1. The number of ether oxygens (including phenoxy) is 1. The van der Waals surface area contributed by atoms with Gasteiger partial charge >= 0.3 is 12.1 Å². The predicted octanol–water partition coefficient (Wildman–Crippen LogP) is 4.97. The van der Waals surface area contributed by atoms with Crippen LogP contribution in [0.15, 0.2) is 84.9 Å². The summed E-state index contributed by atoms with van der Waals surface area (Å²) in [5.74, 6) is -3.99. The van der Waals surface area contributed by atoms with Crippen LogP contribution in [0.3, 0.4) is 0 Å². The fourth-order valence-electron chi connectivity index (χ4n) is 3.99. The Morgan fingerprint density at radius 1 is 0.844 bits per heavy atom. The minimum atomic E-state index is -5.11. The molecule has 166 valence electrons. The summed E-state index contributed by atoms with van der Waals surface area (Å²) >= 11 is 0. The summed E-state index contributed by atoms with van der Waals surface area (Å²) in [5.41, 5.74) is 3.48. The molecule has 1 aliphatic rings. The molecule has 0 spiro atoms. The first kappa shape index (κ1) is 22.0. The van der Waals surface area contributed by atoms with E-state index in [1.807, 2.05) is 91.9 Å². The van der Waals surface area contributed by atoms with Crippen LogP contribution in [0.5, 0.6) is 0 Å². The Kier molecular flexibility index (Phi) is 6.04. The van der Waals surface area contributed by atoms with Crippen molar-refractivity contribution in [1.29, 1.82) is 0 Å². The Bertz CT molecular complexity index is 1010. The normalized spacial score (nSPS) is 23.1. The number of hydrogen-bond acceptors (Lipinski definition) is 4. The van der Waals surface area contributed by atoms with Gasteiger partial charge in [0.2, 0.25) is 5.85 Å². The summed E-state index contributed by atoms with van der Waals surface area (Å²) in [6.45, 7) is 1.92. The number of benzene rings is 3. The summed E-state index contributed by atoms with van der Waals surface area (Å²) in [6.07, 6.45) is -5.10. The van der Waals surface area contributed by atoms with Crippen LogP contribution < -0.4 is 10.6 Å². The summed E-state index contributed by atoms with van der Waals surface area (Å²) in [4.78, 5) is 11.9. The number of esters is 1. The maximum Gasteiger partial charge on any atom is 0.491 e. The molecule has 32 heavy (non-hydrogen) atoms. The summed E-state index contributed by atoms with van der Waals surface area (Å²) < 4.78 is 44.6. The van der Waals surface area contributed by atoms with Crippen molar-refractivity contribution in [3.05, 3.63) is 107 Å². The molecule has 1 aliphatic heterocycles. The van der Waals surface area contributed by atoms with Crippen molar-refractivity contribution in [3.8, 4) is 0 Å². The Labute approximate surface area is 184 Å². The van der Waals surface area contributed by atoms with Crippen LogP contribution in [0, 0.1) is 6.92 Å². The first-order valence-electron chi connectivity index (χ1n) is 10.3. The number of carbonyl (C=O) groups is 1. The summed E-state index contributed by atoms with van der Waals surface area (Å²) in [7, 11) is 0. The number of alkyl halides is 3. The van der Waals surface area contributed by atoms with E-state index in [-0.39, 0.29) is 6.42 Å². The topological polar surface area (TPSA) is 50.4 Å². The van der Waals surface area contributed by atoms with Gasteiger partial charge in [0, 0.05) is 6.42 Å². The van der Waals surface area contributed by atoms with Gasteiger partial charge in [0.1, 0.15) is 0 Å². The van der Waals surface area contributed by atoms with Gasteiger partial charge in [0.25, 0.3) is 0 Å². The number of halogens is 3. The molecule has 0 radical (unpaired) electrons. The molecule has 2 atom stereocenters. The van der Waals surface area contributed by atoms with E-state index in [0.29, 0.717) is 0 Å². The first-order valence-corrected chi connectivity index (χ1v) is 10.3. The monoisotopic (exact) mass is 440 g/mol. The smallest absolute Gasteiger partial charge is 0.423 e. The van der Waals surface area contributed by atoms with E-state index in [9.17, 15) is 18.0 Å². The second-order valence-corrected chi connectivity index (χ2v) is 7.94. The SMILES string of the molecule is Cc1ccc(CC2(OC(=O)C(F)(F)F)NC(c3ccccc3)C(c3ccccc3)N2)cc1.